The Balaban J connectivity index is 2.31. The molecule has 0 fully saturated rings. The number of benzene rings is 1. The number of carbonyl (C=O) groups excluding carboxylic acids is 1. The zero-order valence-corrected chi connectivity index (χ0v) is 11.7. The van der Waals surface area contributed by atoms with Crippen LogP contribution in [0, 0.1) is 0 Å². The van der Waals surface area contributed by atoms with Crippen LogP contribution in [0.2, 0.25) is 0 Å². The number of rotatable bonds is 8. The van der Waals surface area contributed by atoms with Gasteiger partial charge in [-0.25, -0.2) is 0 Å². The molecule has 0 aliphatic heterocycles. The van der Waals surface area contributed by atoms with Crippen LogP contribution in [0.15, 0.2) is 24.3 Å². The third kappa shape index (κ3) is 5.75. The molecule has 0 heterocycles. The van der Waals surface area contributed by atoms with Crippen LogP contribution in [0.1, 0.15) is 31.7 Å². The van der Waals surface area contributed by atoms with E-state index in [1.54, 1.807) is 0 Å². The van der Waals surface area contributed by atoms with Gasteiger partial charge < -0.3 is 15.2 Å². The molecule has 0 spiro atoms. The summed E-state index contributed by atoms with van der Waals surface area (Å²) in [5.74, 6) is 0.399. The molecule has 1 unspecified atom stereocenters. The van der Waals surface area contributed by atoms with E-state index in [0.717, 1.165) is 12.2 Å². The Hall–Kier alpha value is -1.55. The fourth-order valence-corrected chi connectivity index (χ4v) is 1.71. The molecule has 0 saturated carbocycles. The molecule has 19 heavy (non-hydrogen) atoms. The van der Waals surface area contributed by atoms with Crippen molar-refractivity contribution in [2.24, 2.45) is 5.73 Å². The van der Waals surface area contributed by atoms with Crippen LogP contribution < -0.4 is 10.5 Å². The third-order valence-electron chi connectivity index (χ3n) is 2.94. The summed E-state index contributed by atoms with van der Waals surface area (Å²) in [5.41, 5.74) is 6.94. The minimum Gasteiger partial charge on any atom is -0.494 e. The maximum atomic E-state index is 11.1. The monoisotopic (exact) mass is 265 g/mol. The number of ether oxygens (including phenoxy) is 2. The molecule has 1 atom stereocenters. The summed E-state index contributed by atoms with van der Waals surface area (Å²) < 4.78 is 10.1. The highest BCUT2D eigenvalue weighted by Crippen LogP contribution is 2.14. The lowest BCUT2D eigenvalue weighted by atomic mass is 10.1. The smallest absolute Gasteiger partial charge is 0.322 e. The normalized spacial score (nSPS) is 11.9. The Labute approximate surface area is 114 Å². The van der Waals surface area contributed by atoms with E-state index in [2.05, 4.69) is 23.8 Å². The maximum absolute atomic E-state index is 11.1. The Kier molecular flexibility index (Phi) is 6.97. The number of methoxy groups -OCH3 is 1. The summed E-state index contributed by atoms with van der Waals surface area (Å²) in [6.45, 7) is 2.59. The van der Waals surface area contributed by atoms with Crippen molar-refractivity contribution in [2.75, 3.05) is 13.7 Å². The highest BCUT2D eigenvalue weighted by atomic mass is 16.5. The second kappa shape index (κ2) is 8.53. The van der Waals surface area contributed by atoms with Crippen molar-refractivity contribution in [2.45, 2.75) is 38.6 Å². The summed E-state index contributed by atoms with van der Waals surface area (Å²) in [6.07, 6.45) is 3.95. The maximum Gasteiger partial charge on any atom is 0.322 e. The Morgan fingerprint density at radius 2 is 2.00 bits per heavy atom. The summed E-state index contributed by atoms with van der Waals surface area (Å²) in [6, 6.07) is 7.44. The van der Waals surface area contributed by atoms with E-state index in [9.17, 15) is 4.79 Å². The summed E-state index contributed by atoms with van der Waals surface area (Å²) >= 11 is 0. The van der Waals surface area contributed by atoms with Gasteiger partial charge in [0.25, 0.3) is 0 Å². The Bertz CT molecular complexity index is 375. The van der Waals surface area contributed by atoms with Crippen molar-refractivity contribution < 1.29 is 14.3 Å². The van der Waals surface area contributed by atoms with E-state index in [-0.39, 0.29) is 0 Å². The van der Waals surface area contributed by atoms with Crippen molar-refractivity contribution >= 4 is 5.97 Å². The fourth-order valence-electron chi connectivity index (χ4n) is 1.71. The minimum atomic E-state index is -0.617. The number of hydrogen-bond acceptors (Lipinski definition) is 4. The van der Waals surface area contributed by atoms with Crippen LogP contribution >= 0.6 is 0 Å². The molecule has 0 saturated heterocycles. The number of aryl methyl sites for hydroxylation is 1. The average Bonchev–Trinajstić information content (AvgIpc) is 2.45. The van der Waals surface area contributed by atoms with Gasteiger partial charge in [-0.05, 0) is 30.5 Å². The Morgan fingerprint density at radius 3 is 2.58 bits per heavy atom. The largest absolute Gasteiger partial charge is 0.494 e. The summed E-state index contributed by atoms with van der Waals surface area (Å²) in [4.78, 5) is 11.1. The molecule has 0 aliphatic carbocycles. The molecule has 1 aromatic carbocycles. The van der Waals surface area contributed by atoms with Gasteiger partial charge in [-0.3, -0.25) is 4.79 Å². The standard InChI is InChI=1S/C15H23NO3/c1-3-4-5-12-6-8-13(9-7-12)19-11-10-14(16)15(17)18-2/h6-9,14H,3-5,10-11,16H2,1-2H3. The summed E-state index contributed by atoms with van der Waals surface area (Å²) in [5, 5.41) is 0. The van der Waals surface area contributed by atoms with E-state index in [1.165, 1.54) is 25.5 Å². The topological polar surface area (TPSA) is 61.5 Å². The third-order valence-corrected chi connectivity index (χ3v) is 2.94. The van der Waals surface area contributed by atoms with Crippen molar-refractivity contribution in [1.82, 2.24) is 0 Å². The van der Waals surface area contributed by atoms with Gasteiger partial charge in [0, 0.05) is 6.42 Å². The number of unbranched alkanes of at least 4 members (excludes halogenated alkanes) is 1. The molecule has 4 nitrogen and oxygen atoms in total. The quantitative estimate of drug-likeness (QED) is 0.733. The number of hydrogen-bond donors (Lipinski definition) is 1. The summed E-state index contributed by atoms with van der Waals surface area (Å²) in [7, 11) is 1.33. The van der Waals surface area contributed by atoms with Gasteiger partial charge in [0.2, 0.25) is 0 Å². The second-order valence-corrected chi connectivity index (χ2v) is 4.51. The van der Waals surface area contributed by atoms with Crippen LogP contribution in [0.25, 0.3) is 0 Å². The zero-order chi connectivity index (χ0) is 14.1. The van der Waals surface area contributed by atoms with Crippen LogP contribution in [0.4, 0.5) is 0 Å². The van der Waals surface area contributed by atoms with Crippen LogP contribution in [-0.2, 0) is 16.0 Å². The number of esters is 1. The predicted molar refractivity (Wildman–Crippen MR) is 75.2 cm³/mol. The zero-order valence-electron chi connectivity index (χ0n) is 11.7. The van der Waals surface area contributed by atoms with Crippen molar-refractivity contribution in [3.8, 4) is 5.75 Å². The number of nitrogens with two attached hydrogens (primary N) is 1. The SMILES string of the molecule is CCCCc1ccc(OCCC(N)C(=O)OC)cc1. The van der Waals surface area contributed by atoms with Crippen molar-refractivity contribution in [1.29, 1.82) is 0 Å². The molecular weight excluding hydrogens is 242 g/mol. The molecule has 0 radical (unpaired) electrons. The lowest BCUT2D eigenvalue weighted by Gasteiger charge is -2.10. The first-order valence-electron chi connectivity index (χ1n) is 6.72. The van der Waals surface area contributed by atoms with Gasteiger partial charge in [0.1, 0.15) is 11.8 Å². The van der Waals surface area contributed by atoms with E-state index in [0.29, 0.717) is 13.0 Å². The predicted octanol–water partition coefficient (Wildman–Crippen LogP) is 2.30. The highest BCUT2D eigenvalue weighted by Gasteiger charge is 2.13. The fraction of sp³-hybridized carbons (Fsp3) is 0.533. The van der Waals surface area contributed by atoms with E-state index in [1.807, 2.05) is 12.1 Å². The van der Waals surface area contributed by atoms with E-state index < -0.39 is 12.0 Å². The molecule has 106 valence electrons. The molecule has 1 rings (SSSR count). The molecule has 0 aliphatic rings. The van der Waals surface area contributed by atoms with Gasteiger partial charge in [-0.2, -0.15) is 0 Å². The molecule has 0 bridgehead atoms. The van der Waals surface area contributed by atoms with E-state index >= 15 is 0 Å². The molecule has 4 heteroatoms. The number of carbonyl (C=O) groups is 1. The lowest BCUT2D eigenvalue weighted by molar-refractivity contribution is -0.142. The molecule has 0 amide bonds. The van der Waals surface area contributed by atoms with Gasteiger partial charge >= 0.3 is 5.97 Å². The average molecular weight is 265 g/mol. The first kappa shape index (κ1) is 15.5. The van der Waals surface area contributed by atoms with Crippen LogP contribution in [-0.4, -0.2) is 25.7 Å². The molecular formula is C15H23NO3. The molecule has 2 N–H and O–H groups in total. The van der Waals surface area contributed by atoms with Gasteiger partial charge in [0.05, 0.1) is 13.7 Å². The molecule has 1 aromatic rings. The highest BCUT2D eigenvalue weighted by molar-refractivity contribution is 5.75. The Morgan fingerprint density at radius 1 is 1.32 bits per heavy atom. The van der Waals surface area contributed by atoms with Crippen LogP contribution in [0.3, 0.4) is 0 Å². The van der Waals surface area contributed by atoms with Gasteiger partial charge in [-0.1, -0.05) is 25.5 Å². The van der Waals surface area contributed by atoms with Crippen molar-refractivity contribution in [3.63, 3.8) is 0 Å². The van der Waals surface area contributed by atoms with Gasteiger partial charge in [-0.15, -0.1) is 0 Å². The second-order valence-electron chi connectivity index (χ2n) is 4.51. The van der Waals surface area contributed by atoms with Crippen LogP contribution in [0.5, 0.6) is 5.75 Å². The lowest BCUT2D eigenvalue weighted by Crippen LogP contribution is -2.33. The van der Waals surface area contributed by atoms with Crippen molar-refractivity contribution in [3.05, 3.63) is 29.8 Å². The minimum absolute atomic E-state index is 0.404. The first-order valence-corrected chi connectivity index (χ1v) is 6.72. The van der Waals surface area contributed by atoms with Gasteiger partial charge in [0.15, 0.2) is 0 Å². The molecule has 0 aromatic heterocycles. The first-order chi connectivity index (χ1) is 9.17. The van der Waals surface area contributed by atoms with E-state index in [4.69, 9.17) is 10.5 Å².